The minimum absolute atomic E-state index is 0.0527. The van der Waals surface area contributed by atoms with E-state index in [1.165, 1.54) is 6.20 Å². The molecule has 0 fully saturated rings. The Hall–Kier alpha value is -3.15. The monoisotopic (exact) mass is 437 g/mol. The number of rotatable bonds is 6. The molecule has 0 saturated heterocycles. The fourth-order valence-electron chi connectivity index (χ4n) is 3.09. The average molecular weight is 438 g/mol. The molecule has 2 aromatic heterocycles. The normalized spacial score (nSPS) is 10.9. The van der Waals surface area contributed by atoms with Crippen LogP contribution < -0.4 is 10.5 Å². The fourth-order valence-corrected chi connectivity index (χ4v) is 3.47. The topological polar surface area (TPSA) is 78.1 Å². The molecule has 0 bridgehead atoms. The lowest BCUT2D eigenvalue weighted by atomic mass is 10.0. The SMILES string of the molecule is Nc1nccc2cc(CCC(=O)c3cnc(Oc4ccccc4Cl)c(Cl)c3)ccc12. The van der Waals surface area contributed by atoms with Crippen LogP contribution in [0.1, 0.15) is 22.3 Å². The average Bonchev–Trinajstić information content (AvgIpc) is 2.75. The maximum Gasteiger partial charge on any atom is 0.238 e. The van der Waals surface area contributed by atoms with Crippen LogP contribution >= 0.6 is 23.2 Å². The molecule has 150 valence electrons. The molecule has 0 radical (unpaired) electrons. The predicted molar refractivity (Wildman–Crippen MR) is 120 cm³/mol. The number of hydrogen-bond donors (Lipinski definition) is 1. The molecule has 0 amide bonds. The number of aromatic nitrogens is 2. The molecule has 0 aliphatic heterocycles. The number of benzene rings is 2. The minimum atomic E-state index is -0.0527. The van der Waals surface area contributed by atoms with Gasteiger partial charge in [-0.2, -0.15) is 0 Å². The van der Waals surface area contributed by atoms with E-state index in [-0.39, 0.29) is 16.7 Å². The number of para-hydroxylation sites is 1. The number of hydrogen-bond acceptors (Lipinski definition) is 5. The smallest absolute Gasteiger partial charge is 0.238 e. The van der Waals surface area contributed by atoms with Gasteiger partial charge in [0, 0.05) is 29.8 Å². The van der Waals surface area contributed by atoms with Crippen molar-refractivity contribution < 1.29 is 9.53 Å². The largest absolute Gasteiger partial charge is 0.436 e. The summed E-state index contributed by atoms with van der Waals surface area (Å²) in [6.07, 6.45) is 4.06. The van der Waals surface area contributed by atoms with Crippen molar-refractivity contribution in [1.29, 1.82) is 0 Å². The van der Waals surface area contributed by atoms with Crippen LogP contribution in [0.3, 0.4) is 0 Å². The van der Waals surface area contributed by atoms with Gasteiger partial charge in [-0.15, -0.1) is 0 Å². The number of ketones is 1. The molecular weight excluding hydrogens is 421 g/mol. The van der Waals surface area contributed by atoms with Gasteiger partial charge in [-0.3, -0.25) is 4.79 Å². The third-order valence-corrected chi connectivity index (χ3v) is 5.26. The second-order valence-corrected chi connectivity index (χ2v) is 7.53. The number of Topliss-reactive ketones (excluding diaryl/α,β-unsaturated/α-hetero) is 1. The molecule has 4 aromatic rings. The summed E-state index contributed by atoms with van der Waals surface area (Å²) in [6, 6.07) is 16.4. The van der Waals surface area contributed by atoms with Crippen LogP contribution in [0.25, 0.3) is 10.8 Å². The van der Waals surface area contributed by atoms with Crippen molar-refractivity contribution in [2.24, 2.45) is 0 Å². The molecule has 2 aromatic carbocycles. The van der Waals surface area contributed by atoms with Gasteiger partial charge in [0.1, 0.15) is 16.6 Å². The molecule has 0 atom stereocenters. The summed E-state index contributed by atoms with van der Waals surface area (Å²) in [5, 5.41) is 2.59. The Labute approximate surface area is 183 Å². The summed E-state index contributed by atoms with van der Waals surface area (Å²) in [5.74, 6) is 1.08. The number of carbonyl (C=O) groups is 1. The number of ether oxygens (including phenoxy) is 1. The number of anilines is 1. The Morgan fingerprint density at radius 1 is 1.00 bits per heavy atom. The van der Waals surface area contributed by atoms with Crippen molar-refractivity contribution in [2.45, 2.75) is 12.8 Å². The van der Waals surface area contributed by atoms with E-state index < -0.39 is 0 Å². The third kappa shape index (κ3) is 4.37. The van der Waals surface area contributed by atoms with E-state index in [1.54, 1.807) is 36.5 Å². The van der Waals surface area contributed by atoms with Crippen molar-refractivity contribution in [2.75, 3.05) is 5.73 Å². The number of fused-ring (bicyclic) bond motifs is 1. The number of halogens is 2. The van der Waals surface area contributed by atoms with Crippen LogP contribution in [0, 0.1) is 0 Å². The van der Waals surface area contributed by atoms with Gasteiger partial charge in [-0.1, -0.05) is 53.5 Å². The van der Waals surface area contributed by atoms with Gasteiger partial charge in [0.05, 0.1) is 5.02 Å². The van der Waals surface area contributed by atoms with Crippen molar-refractivity contribution in [1.82, 2.24) is 9.97 Å². The highest BCUT2D eigenvalue weighted by molar-refractivity contribution is 6.33. The number of nitrogens with two attached hydrogens (primary N) is 1. The van der Waals surface area contributed by atoms with Crippen molar-refractivity contribution in [3.63, 3.8) is 0 Å². The first-order valence-corrected chi connectivity index (χ1v) is 10.0. The Morgan fingerprint density at radius 2 is 1.83 bits per heavy atom. The molecule has 30 heavy (non-hydrogen) atoms. The van der Waals surface area contributed by atoms with Crippen molar-refractivity contribution >= 4 is 45.6 Å². The molecule has 0 aliphatic carbocycles. The zero-order valence-corrected chi connectivity index (χ0v) is 17.3. The van der Waals surface area contributed by atoms with Gasteiger partial charge in [0.2, 0.25) is 5.88 Å². The van der Waals surface area contributed by atoms with E-state index in [1.807, 2.05) is 24.3 Å². The Bertz CT molecular complexity index is 1240. The summed E-state index contributed by atoms with van der Waals surface area (Å²) in [6.45, 7) is 0. The molecular formula is C23H17Cl2N3O2. The molecule has 2 N–H and O–H groups in total. The molecule has 5 nitrogen and oxygen atoms in total. The molecule has 0 aliphatic rings. The van der Waals surface area contributed by atoms with Gasteiger partial charge in [-0.05, 0) is 41.6 Å². The van der Waals surface area contributed by atoms with Crippen LogP contribution in [0.4, 0.5) is 5.82 Å². The van der Waals surface area contributed by atoms with E-state index in [0.717, 1.165) is 16.3 Å². The zero-order chi connectivity index (χ0) is 21.1. The maximum atomic E-state index is 12.6. The molecule has 0 spiro atoms. The summed E-state index contributed by atoms with van der Waals surface area (Å²) in [7, 11) is 0. The first-order valence-electron chi connectivity index (χ1n) is 9.25. The van der Waals surface area contributed by atoms with Crippen LogP contribution in [0.15, 0.2) is 67.0 Å². The Balaban J connectivity index is 1.45. The Morgan fingerprint density at radius 3 is 2.63 bits per heavy atom. The van der Waals surface area contributed by atoms with Crippen LogP contribution in [0.5, 0.6) is 11.6 Å². The lowest BCUT2D eigenvalue weighted by Crippen LogP contribution is -2.03. The second-order valence-electron chi connectivity index (χ2n) is 6.72. The number of aryl methyl sites for hydroxylation is 1. The number of nitrogens with zero attached hydrogens (tertiary/aromatic N) is 2. The summed E-state index contributed by atoms with van der Waals surface area (Å²) in [4.78, 5) is 20.9. The predicted octanol–water partition coefficient (Wildman–Crippen LogP) is 6.13. The van der Waals surface area contributed by atoms with E-state index in [0.29, 0.717) is 35.0 Å². The first-order chi connectivity index (χ1) is 14.5. The van der Waals surface area contributed by atoms with Gasteiger partial charge in [0.25, 0.3) is 0 Å². The van der Waals surface area contributed by atoms with Gasteiger partial charge in [0.15, 0.2) is 5.78 Å². The van der Waals surface area contributed by atoms with E-state index in [4.69, 9.17) is 33.7 Å². The minimum Gasteiger partial charge on any atom is -0.436 e. The van der Waals surface area contributed by atoms with E-state index >= 15 is 0 Å². The number of carbonyl (C=O) groups excluding carboxylic acids is 1. The third-order valence-electron chi connectivity index (χ3n) is 4.67. The van der Waals surface area contributed by atoms with Crippen molar-refractivity contribution in [3.8, 4) is 11.6 Å². The summed E-state index contributed by atoms with van der Waals surface area (Å²) in [5.41, 5.74) is 7.36. The molecule has 0 unspecified atom stereocenters. The molecule has 0 saturated carbocycles. The van der Waals surface area contributed by atoms with Crippen LogP contribution in [-0.2, 0) is 6.42 Å². The highest BCUT2D eigenvalue weighted by Crippen LogP contribution is 2.32. The Kier molecular flexibility index (Phi) is 5.84. The van der Waals surface area contributed by atoms with Crippen LogP contribution in [-0.4, -0.2) is 15.8 Å². The molecule has 2 heterocycles. The van der Waals surface area contributed by atoms with E-state index in [9.17, 15) is 4.79 Å². The van der Waals surface area contributed by atoms with Gasteiger partial charge < -0.3 is 10.5 Å². The van der Waals surface area contributed by atoms with E-state index in [2.05, 4.69) is 9.97 Å². The van der Waals surface area contributed by atoms with Crippen LogP contribution in [0.2, 0.25) is 10.0 Å². The van der Waals surface area contributed by atoms with Gasteiger partial charge >= 0.3 is 0 Å². The van der Waals surface area contributed by atoms with Crippen molar-refractivity contribution in [3.05, 3.63) is 88.2 Å². The summed E-state index contributed by atoms with van der Waals surface area (Å²) < 4.78 is 5.65. The number of nitrogen functional groups attached to an aromatic ring is 1. The molecule has 4 rings (SSSR count). The summed E-state index contributed by atoms with van der Waals surface area (Å²) >= 11 is 12.4. The standard InChI is InChI=1S/C23H17Cl2N3O2/c24-18-3-1-2-4-21(18)30-23-19(25)12-16(13-28-23)20(29)8-6-14-5-7-17-15(11-14)9-10-27-22(17)26/h1-5,7,9-13H,6,8H2,(H2,26,27). The lowest BCUT2D eigenvalue weighted by molar-refractivity contribution is 0.0982. The lowest BCUT2D eigenvalue weighted by Gasteiger charge is -2.09. The second kappa shape index (κ2) is 8.69. The highest BCUT2D eigenvalue weighted by atomic mass is 35.5. The molecule has 7 heteroatoms. The maximum absolute atomic E-state index is 12.6. The van der Waals surface area contributed by atoms with Gasteiger partial charge in [-0.25, -0.2) is 9.97 Å². The first kappa shape index (κ1) is 20.1. The fraction of sp³-hybridized carbons (Fsp3) is 0.0870. The quantitative estimate of drug-likeness (QED) is 0.367. The zero-order valence-electron chi connectivity index (χ0n) is 15.8. The highest BCUT2D eigenvalue weighted by Gasteiger charge is 2.13. The number of pyridine rings is 2.